The van der Waals surface area contributed by atoms with Crippen molar-refractivity contribution in [3.63, 3.8) is 0 Å². The maximum Gasteiger partial charge on any atom is 0.417 e. The molecular weight excluding hydrogens is 366 g/mol. The molecule has 1 aliphatic rings. The van der Waals surface area contributed by atoms with E-state index in [2.05, 4.69) is 4.98 Å². The van der Waals surface area contributed by atoms with Crippen molar-refractivity contribution in [3.8, 4) is 0 Å². The van der Waals surface area contributed by atoms with Crippen LogP contribution in [0.3, 0.4) is 0 Å². The third-order valence-electron chi connectivity index (χ3n) is 3.89. The van der Waals surface area contributed by atoms with E-state index in [4.69, 9.17) is 23.2 Å². The summed E-state index contributed by atoms with van der Waals surface area (Å²) in [5, 5.41) is -0.0765. The van der Waals surface area contributed by atoms with E-state index in [-0.39, 0.29) is 12.1 Å². The Morgan fingerprint density at radius 1 is 1.25 bits per heavy atom. The van der Waals surface area contributed by atoms with Crippen LogP contribution in [0.25, 0.3) is 0 Å². The van der Waals surface area contributed by atoms with Crippen LogP contribution in [0.2, 0.25) is 10.2 Å². The maximum absolute atomic E-state index is 12.9. The lowest BCUT2D eigenvalue weighted by Gasteiger charge is -2.28. The number of hydrogen-bond acceptors (Lipinski definition) is 2. The first-order chi connectivity index (χ1) is 11.2. The first kappa shape index (κ1) is 17.1. The largest absolute Gasteiger partial charge is 0.417 e. The number of fused-ring (bicyclic) bond motifs is 1. The Balaban J connectivity index is 1.91. The Hall–Kier alpha value is -1.73. The summed E-state index contributed by atoms with van der Waals surface area (Å²) in [5.74, 6) is 0.0364. The van der Waals surface area contributed by atoms with Crippen LogP contribution in [0.5, 0.6) is 0 Å². The number of benzene rings is 1. The lowest BCUT2D eigenvalue weighted by atomic mass is 10.1. The van der Waals surface area contributed by atoms with Gasteiger partial charge in [0.15, 0.2) is 0 Å². The lowest BCUT2D eigenvalue weighted by Crippen LogP contribution is -2.38. The van der Waals surface area contributed by atoms with Gasteiger partial charge in [0.05, 0.1) is 28.4 Å². The van der Waals surface area contributed by atoms with Crippen LogP contribution in [0.15, 0.2) is 18.2 Å². The van der Waals surface area contributed by atoms with Crippen molar-refractivity contribution in [1.82, 2.24) is 14.5 Å². The molecule has 0 bridgehead atoms. The van der Waals surface area contributed by atoms with Crippen molar-refractivity contribution in [2.24, 2.45) is 0 Å². The molecule has 128 valence electrons. The summed E-state index contributed by atoms with van der Waals surface area (Å²) in [6.07, 6.45) is -4.61. The molecule has 2 heterocycles. The zero-order chi connectivity index (χ0) is 17.6. The van der Waals surface area contributed by atoms with E-state index in [9.17, 15) is 18.0 Å². The molecule has 0 aliphatic carbocycles. The van der Waals surface area contributed by atoms with Crippen LogP contribution < -0.4 is 0 Å². The molecule has 0 unspecified atom stereocenters. The molecule has 1 aromatic carbocycles. The smallest absolute Gasteiger partial charge is 0.329 e. The molecule has 9 heteroatoms. The van der Waals surface area contributed by atoms with Gasteiger partial charge in [0.2, 0.25) is 0 Å². The normalized spacial score (nSPS) is 14.7. The van der Waals surface area contributed by atoms with Gasteiger partial charge in [-0.05, 0) is 19.1 Å². The highest BCUT2D eigenvalue weighted by Gasteiger charge is 2.35. The molecule has 1 aromatic heterocycles. The molecule has 24 heavy (non-hydrogen) atoms. The Morgan fingerprint density at radius 2 is 1.96 bits per heavy atom. The molecule has 3 rings (SSSR count). The van der Waals surface area contributed by atoms with Gasteiger partial charge in [-0.1, -0.05) is 29.3 Å². The first-order valence-corrected chi connectivity index (χ1v) is 7.82. The van der Waals surface area contributed by atoms with Gasteiger partial charge in [-0.3, -0.25) is 4.79 Å². The standard InChI is InChI=1S/C15H12Cl2F3N3O/c1-8-13(17)23-6-5-22(7-11(23)21-8)14(24)9-3-2-4-10(12(9)16)15(18,19)20/h2-4H,5-7H2,1H3. The third kappa shape index (κ3) is 2.86. The third-order valence-corrected chi connectivity index (χ3v) is 4.78. The Bertz CT molecular complexity index is 817. The molecule has 0 N–H and O–H groups in total. The van der Waals surface area contributed by atoms with Crippen molar-refractivity contribution in [1.29, 1.82) is 0 Å². The molecule has 0 saturated heterocycles. The van der Waals surface area contributed by atoms with Gasteiger partial charge < -0.3 is 9.47 Å². The number of alkyl halides is 3. The second-order valence-corrected chi connectivity index (χ2v) is 6.18. The molecule has 0 spiro atoms. The average Bonchev–Trinajstić information content (AvgIpc) is 2.80. The molecule has 1 amide bonds. The molecule has 0 saturated carbocycles. The summed E-state index contributed by atoms with van der Waals surface area (Å²) < 4.78 is 40.6. The summed E-state index contributed by atoms with van der Waals surface area (Å²) in [7, 11) is 0. The minimum Gasteiger partial charge on any atom is -0.329 e. The zero-order valence-corrected chi connectivity index (χ0v) is 14.0. The van der Waals surface area contributed by atoms with Crippen LogP contribution in [0.1, 0.15) is 27.4 Å². The zero-order valence-electron chi connectivity index (χ0n) is 12.5. The number of carbonyl (C=O) groups excluding carboxylic acids is 1. The van der Waals surface area contributed by atoms with E-state index in [1.807, 2.05) is 0 Å². The number of aryl methyl sites for hydroxylation is 1. The summed E-state index contributed by atoms with van der Waals surface area (Å²) in [6, 6.07) is 3.32. The lowest BCUT2D eigenvalue weighted by molar-refractivity contribution is -0.137. The molecule has 0 fully saturated rings. The van der Waals surface area contributed by atoms with Gasteiger partial charge in [-0.2, -0.15) is 13.2 Å². The number of amides is 1. The maximum atomic E-state index is 12.9. The minimum absolute atomic E-state index is 0.166. The second-order valence-electron chi connectivity index (χ2n) is 5.45. The summed E-state index contributed by atoms with van der Waals surface area (Å²) in [4.78, 5) is 18.3. The number of imidazole rings is 1. The number of carbonyl (C=O) groups is 1. The Labute approximate surface area is 145 Å². The highest BCUT2D eigenvalue weighted by Crippen LogP contribution is 2.36. The number of aromatic nitrogens is 2. The number of nitrogens with zero attached hydrogens (tertiary/aromatic N) is 3. The molecular formula is C15H12Cl2F3N3O. The van der Waals surface area contributed by atoms with Crippen LogP contribution >= 0.6 is 23.2 Å². The summed E-state index contributed by atoms with van der Waals surface area (Å²) in [5.41, 5.74) is -0.542. The number of halogens is 5. The Morgan fingerprint density at radius 3 is 2.62 bits per heavy atom. The quantitative estimate of drug-likeness (QED) is 0.747. The van der Waals surface area contributed by atoms with Gasteiger partial charge >= 0.3 is 6.18 Å². The predicted molar refractivity (Wildman–Crippen MR) is 83.2 cm³/mol. The fourth-order valence-corrected chi connectivity index (χ4v) is 3.23. The summed E-state index contributed by atoms with van der Waals surface area (Å²) >= 11 is 11.9. The van der Waals surface area contributed by atoms with Crippen molar-refractivity contribution in [2.45, 2.75) is 26.2 Å². The van der Waals surface area contributed by atoms with Gasteiger partial charge in [0, 0.05) is 13.1 Å². The van der Waals surface area contributed by atoms with E-state index in [1.165, 1.54) is 17.0 Å². The Kier molecular flexibility index (Phi) is 4.25. The van der Waals surface area contributed by atoms with Crippen molar-refractivity contribution >= 4 is 29.1 Å². The van der Waals surface area contributed by atoms with Gasteiger partial charge in [0.25, 0.3) is 5.91 Å². The summed E-state index contributed by atoms with van der Waals surface area (Å²) in [6.45, 7) is 2.66. The molecule has 4 nitrogen and oxygen atoms in total. The SMILES string of the molecule is Cc1nc2n(c1Cl)CCN(C(=O)c1cccc(C(F)(F)F)c1Cl)C2. The van der Waals surface area contributed by atoms with E-state index in [1.54, 1.807) is 11.5 Å². The van der Waals surface area contributed by atoms with E-state index in [0.717, 1.165) is 6.07 Å². The molecule has 0 radical (unpaired) electrons. The topological polar surface area (TPSA) is 38.1 Å². The van der Waals surface area contributed by atoms with Crippen molar-refractivity contribution in [2.75, 3.05) is 6.54 Å². The van der Waals surface area contributed by atoms with Crippen LogP contribution in [0.4, 0.5) is 13.2 Å². The molecule has 1 aliphatic heterocycles. The highest BCUT2D eigenvalue weighted by molar-refractivity contribution is 6.34. The second kappa shape index (κ2) is 5.97. The van der Waals surface area contributed by atoms with Gasteiger partial charge in [-0.15, -0.1) is 0 Å². The fraction of sp³-hybridized carbons (Fsp3) is 0.333. The van der Waals surface area contributed by atoms with Crippen LogP contribution in [0, 0.1) is 6.92 Å². The van der Waals surface area contributed by atoms with Gasteiger partial charge in [0.1, 0.15) is 11.0 Å². The molecule has 0 atom stereocenters. The van der Waals surface area contributed by atoms with Crippen LogP contribution in [-0.2, 0) is 19.3 Å². The van der Waals surface area contributed by atoms with E-state index in [0.29, 0.717) is 29.8 Å². The predicted octanol–water partition coefficient (Wildman–Crippen LogP) is 4.17. The number of hydrogen-bond donors (Lipinski definition) is 0. The van der Waals surface area contributed by atoms with E-state index >= 15 is 0 Å². The fourth-order valence-electron chi connectivity index (χ4n) is 2.69. The minimum atomic E-state index is -4.61. The molecule has 2 aromatic rings. The van der Waals surface area contributed by atoms with Gasteiger partial charge in [-0.25, -0.2) is 4.98 Å². The first-order valence-electron chi connectivity index (χ1n) is 7.06. The van der Waals surface area contributed by atoms with E-state index < -0.39 is 22.7 Å². The van der Waals surface area contributed by atoms with Crippen molar-refractivity contribution < 1.29 is 18.0 Å². The van der Waals surface area contributed by atoms with Crippen molar-refractivity contribution in [3.05, 3.63) is 51.0 Å². The van der Waals surface area contributed by atoms with Crippen LogP contribution in [-0.4, -0.2) is 26.9 Å². The highest BCUT2D eigenvalue weighted by atomic mass is 35.5. The average molecular weight is 378 g/mol. The monoisotopic (exact) mass is 377 g/mol. The number of rotatable bonds is 1.